The van der Waals surface area contributed by atoms with E-state index in [0.29, 0.717) is 6.54 Å². The largest absolute Gasteiger partial charge is 0.433 e. The molecule has 0 saturated heterocycles. The molecule has 0 bridgehead atoms. The Labute approximate surface area is 101 Å². The topological polar surface area (TPSA) is 37.8 Å². The number of anilines is 1. The Balaban J connectivity index is 2.14. The van der Waals surface area contributed by atoms with Gasteiger partial charge < -0.3 is 5.32 Å². The van der Waals surface area contributed by atoms with Gasteiger partial charge in [-0.05, 0) is 29.9 Å². The number of halogens is 4. The van der Waals surface area contributed by atoms with Crippen LogP contribution in [0.1, 0.15) is 25.5 Å². The quantitative estimate of drug-likeness (QED) is 0.852. The number of aromatic nitrogens is 2. The van der Waals surface area contributed by atoms with Gasteiger partial charge in [-0.25, -0.2) is 9.97 Å². The van der Waals surface area contributed by atoms with Gasteiger partial charge in [0, 0.05) is 12.6 Å². The second-order valence-corrected chi connectivity index (χ2v) is 4.91. The Hall–Kier alpha value is -1.04. The highest BCUT2D eigenvalue weighted by Gasteiger charge is 2.37. The lowest BCUT2D eigenvalue weighted by Crippen LogP contribution is -2.15. The summed E-state index contributed by atoms with van der Waals surface area (Å²) in [6.45, 7) is 2.66. The van der Waals surface area contributed by atoms with Crippen molar-refractivity contribution < 1.29 is 13.2 Å². The maximum absolute atomic E-state index is 12.5. The fourth-order valence-corrected chi connectivity index (χ4v) is 1.53. The highest BCUT2D eigenvalue weighted by Crippen LogP contribution is 2.44. The average Bonchev–Trinajstić information content (AvgIpc) is 2.92. The minimum absolute atomic E-state index is 0.116. The summed E-state index contributed by atoms with van der Waals surface area (Å²) >= 11 is 5.46. The summed E-state index contributed by atoms with van der Waals surface area (Å²) in [5.74, 6) is 0.116. The Kier molecular flexibility index (Phi) is 2.93. The normalized spacial score (nSPS) is 17.9. The molecule has 1 fully saturated rings. The van der Waals surface area contributed by atoms with Gasteiger partial charge in [0.25, 0.3) is 0 Å². The minimum Gasteiger partial charge on any atom is -0.369 e. The molecule has 0 unspecified atom stereocenters. The summed E-state index contributed by atoms with van der Waals surface area (Å²) in [6, 6.07) is 0.873. The van der Waals surface area contributed by atoms with Crippen molar-refractivity contribution in [3.05, 3.63) is 17.0 Å². The number of nitrogens with zero attached hydrogens (tertiary/aromatic N) is 2. The molecule has 2 rings (SSSR count). The molecule has 0 spiro atoms. The zero-order valence-electron chi connectivity index (χ0n) is 9.10. The van der Waals surface area contributed by atoms with E-state index in [1.165, 1.54) is 0 Å². The predicted molar refractivity (Wildman–Crippen MR) is 57.9 cm³/mol. The van der Waals surface area contributed by atoms with Crippen LogP contribution < -0.4 is 5.32 Å². The third-order valence-electron chi connectivity index (χ3n) is 2.79. The van der Waals surface area contributed by atoms with Gasteiger partial charge in [-0.3, -0.25) is 0 Å². The number of alkyl halides is 3. The molecular weight excluding hydrogens is 255 g/mol. The predicted octanol–water partition coefficient (Wildman–Crippen LogP) is 3.36. The Bertz CT molecular complexity index is 429. The van der Waals surface area contributed by atoms with Crippen molar-refractivity contribution in [1.82, 2.24) is 9.97 Å². The molecule has 0 amide bonds. The van der Waals surface area contributed by atoms with E-state index < -0.39 is 17.2 Å². The van der Waals surface area contributed by atoms with E-state index in [4.69, 9.17) is 11.6 Å². The van der Waals surface area contributed by atoms with E-state index in [1.54, 1.807) is 0 Å². The first-order valence-electron chi connectivity index (χ1n) is 5.14. The highest BCUT2D eigenvalue weighted by molar-refractivity contribution is 6.28. The lowest BCUT2D eigenvalue weighted by Gasteiger charge is -2.12. The fourth-order valence-electron chi connectivity index (χ4n) is 1.35. The van der Waals surface area contributed by atoms with E-state index in [9.17, 15) is 13.2 Å². The monoisotopic (exact) mass is 265 g/mol. The van der Waals surface area contributed by atoms with Crippen LogP contribution in [0.15, 0.2) is 6.07 Å². The number of hydrogen-bond acceptors (Lipinski definition) is 3. The first kappa shape index (κ1) is 12.4. The summed E-state index contributed by atoms with van der Waals surface area (Å²) in [5.41, 5.74) is -0.850. The molecular formula is C10H11ClF3N3. The van der Waals surface area contributed by atoms with Crippen LogP contribution in [0.5, 0.6) is 0 Å². The van der Waals surface area contributed by atoms with Crippen molar-refractivity contribution >= 4 is 17.4 Å². The second kappa shape index (κ2) is 4.01. The maximum Gasteiger partial charge on any atom is 0.433 e. The van der Waals surface area contributed by atoms with Crippen LogP contribution >= 0.6 is 11.6 Å². The van der Waals surface area contributed by atoms with E-state index in [0.717, 1.165) is 18.9 Å². The molecule has 1 aliphatic carbocycles. The van der Waals surface area contributed by atoms with Crippen LogP contribution in [0.3, 0.4) is 0 Å². The van der Waals surface area contributed by atoms with Crippen molar-refractivity contribution in [2.45, 2.75) is 25.9 Å². The molecule has 0 radical (unpaired) electrons. The van der Waals surface area contributed by atoms with Crippen LogP contribution in [0.2, 0.25) is 5.28 Å². The van der Waals surface area contributed by atoms with E-state index >= 15 is 0 Å². The van der Waals surface area contributed by atoms with Crippen molar-refractivity contribution in [3.63, 3.8) is 0 Å². The van der Waals surface area contributed by atoms with E-state index in [2.05, 4.69) is 22.2 Å². The minimum atomic E-state index is -4.51. The van der Waals surface area contributed by atoms with Gasteiger partial charge in [0.15, 0.2) is 5.69 Å². The van der Waals surface area contributed by atoms with Gasteiger partial charge in [-0.15, -0.1) is 0 Å². The maximum atomic E-state index is 12.5. The summed E-state index contributed by atoms with van der Waals surface area (Å²) < 4.78 is 37.4. The first-order valence-corrected chi connectivity index (χ1v) is 5.52. The Morgan fingerprint density at radius 3 is 2.59 bits per heavy atom. The Morgan fingerprint density at radius 1 is 1.41 bits per heavy atom. The molecule has 0 aromatic carbocycles. The lowest BCUT2D eigenvalue weighted by atomic mass is 10.1. The van der Waals surface area contributed by atoms with Gasteiger partial charge in [0.05, 0.1) is 0 Å². The van der Waals surface area contributed by atoms with Crippen LogP contribution in [-0.2, 0) is 6.18 Å². The summed E-state index contributed by atoms with van der Waals surface area (Å²) in [4.78, 5) is 6.88. The average molecular weight is 266 g/mol. The summed E-state index contributed by atoms with van der Waals surface area (Å²) in [5, 5.41) is 2.47. The van der Waals surface area contributed by atoms with Crippen LogP contribution in [-0.4, -0.2) is 16.5 Å². The van der Waals surface area contributed by atoms with Gasteiger partial charge >= 0.3 is 6.18 Å². The SMILES string of the molecule is CC1(CNc2cc(C(F)(F)F)nc(Cl)n2)CC1. The van der Waals surface area contributed by atoms with E-state index in [-0.39, 0.29) is 11.2 Å². The zero-order chi connectivity index (χ0) is 12.7. The molecule has 1 aliphatic rings. The fraction of sp³-hybridized carbons (Fsp3) is 0.600. The van der Waals surface area contributed by atoms with Gasteiger partial charge in [-0.1, -0.05) is 6.92 Å². The lowest BCUT2D eigenvalue weighted by molar-refractivity contribution is -0.141. The van der Waals surface area contributed by atoms with Gasteiger partial charge in [-0.2, -0.15) is 13.2 Å². The molecule has 1 heterocycles. The molecule has 1 aromatic rings. The van der Waals surface area contributed by atoms with Gasteiger partial charge in [0.1, 0.15) is 5.82 Å². The number of nitrogens with one attached hydrogen (secondary N) is 1. The molecule has 1 aromatic heterocycles. The van der Waals surface area contributed by atoms with Gasteiger partial charge in [0.2, 0.25) is 5.28 Å². The molecule has 0 aliphatic heterocycles. The number of rotatable bonds is 3. The first-order chi connectivity index (χ1) is 7.78. The van der Waals surface area contributed by atoms with Crippen molar-refractivity contribution in [1.29, 1.82) is 0 Å². The van der Waals surface area contributed by atoms with Crippen LogP contribution in [0.25, 0.3) is 0 Å². The third-order valence-corrected chi connectivity index (χ3v) is 2.96. The third kappa shape index (κ3) is 3.21. The van der Waals surface area contributed by atoms with Crippen LogP contribution in [0, 0.1) is 5.41 Å². The standard InChI is InChI=1S/C10H11ClF3N3/c1-9(2-3-9)5-15-7-4-6(10(12,13)14)16-8(11)17-7/h4H,2-3,5H2,1H3,(H,15,16,17). The van der Waals surface area contributed by atoms with Crippen molar-refractivity contribution in [2.75, 3.05) is 11.9 Å². The molecule has 1 saturated carbocycles. The highest BCUT2D eigenvalue weighted by atomic mass is 35.5. The molecule has 94 valence electrons. The molecule has 3 nitrogen and oxygen atoms in total. The number of hydrogen-bond donors (Lipinski definition) is 1. The second-order valence-electron chi connectivity index (χ2n) is 4.57. The molecule has 0 atom stereocenters. The summed E-state index contributed by atoms with van der Waals surface area (Å²) in [6.07, 6.45) is -2.36. The van der Waals surface area contributed by atoms with Crippen molar-refractivity contribution in [2.24, 2.45) is 5.41 Å². The van der Waals surface area contributed by atoms with Crippen molar-refractivity contribution in [3.8, 4) is 0 Å². The molecule has 17 heavy (non-hydrogen) atoms. The Morgan fingerprint density at radius 2 is 2.06 bits per heavy atom. The smallest absolute Gasteiger partial charge is 0.369 e. The molecule has 1 N–H and O–H groups in total. The van der Waals surface area contributed by atoms with Crippen LogP contribution in [0.4, 0.5) is 19.0 Å². The zero-order valence-corrected chi connectivity index (χ0v) is 9.86. The summed E-state index contributed by atoms with van der Waals surface area (Å²) in [7, 11) is 0. The van der Waals surface area contributed by atoms with E-state index in [1.807, 2.05) is 0 Å². The molecule has 7 heteroatoms.